The van der Waals surface area contributed by atoms with Crippen molar-refractivity contribution in [1.29, 1.82) is 0 Å². The minimum absolute atomic E-state index is 0.00252. The van der Waals surface area contributed by atoms with Crippen LogP contribution in [0, 0.1) is 12.8 Å². The van der Waals surface area contributed by atoms with Gasteiger partial charge in [-0.25, -0.2) is 0 Å². The van der Waals surface area contributed by atoms with E-state index in [0.717, 1.165) is 31.0 Å². The van der Waals surface area contributed by atoms with Crippen LogP contribution in [0.5, 0.6) is 0 Å². The highest BCUT2D eigenvalue weighted by atomic mass is 16.5. The molecular formula is C23H29N3O3. The van der Waals surface area contributed by atoms with Gasteiger partial charge in [0.05, 0.1) is 18.8 Å². The molecule has 2 aromatic rings. The minimum atomic E-state index is -0.227. The molecule has 2 saturated heterocycles. The predicted molar refractivity (Wildman–Crippen MR) is 110 cm³/mol. The Kier molecular flexibility index (Phi) is 4.92. The van der Waals surface area contributed by atoms with Crippen LogP contribution in [-0.4, -0.2) is 65.8 Å². The van der Waals surface area contributed by atoms with E-state index in [9.17, 15) is 4.79 Å². The molecule has 1 aliphatic carbocycles. The molecule has 1 spiro atoms. The summed E-state index contributed by atoms with van der Waals surface area (Å²) < 4.78 is 11.7. The van der Waals surface area contributed by atoms with Gasteiger partial charge in [0, 0.05) is 31.7 Å². The first-order valence-corrected chi connectivity index (χ1v) is 10.8. The molecule has 1 saturated carbocycles. The summed E-state index contributed by atoms with van der Waals surface area (Å²) in [5.74, 6) is 1.44. The van der Waals surface area contributed by atoms with Crippen LogP contribution in [0.25, 0.3) is 11.3 Å². The second-order valence-corrected chi connectivity index (χ2v) is 8.87. The fourth-order valence-corrected chi connectivity index (χ4v) is 4.96. The van der Waals surface area contributed by atoms with Gasteiger partial charge in [-0.05, 0) is 32.1 Å². The Morgan fingerprint density at radius 3 is 2.79 bits per heavy atom. The number of carbonyl (C=O) groups excluding carboxylic acids is 1. The van der Waals surface area contributed by atoms with Crippen LogP contribution in [0.4, 0.5) is 0 Å². The van der Waals surface area contributed by atoms with Crippen molar-refractivity contribution in [2.45, 2.75) is 38.2 Å². The predicted octanol–water partition coefficient (Wildman–Crippen LogP) is 3.37. The minimum Gasteiger partial charge on any atom is -0.370 e. The average Bonchev–Trinajstić information content (AvgIpc) is 3.28. The molecule has 0 bridgehead atoms. The topological polar surface area (TPSA) is 58.8 Å². The number of ether oxygens (including phenoxy) is 1. The van der Waals surface area contributed by atoms with Gasteiger partial charge in [0.1, 0.15) is 17.0 Å². The maximum atomic E-state index is 13.5. The second kappa shape index (κ2) is 7.58. The van der Waals surface area contributed by atoms with E-state index in [4.69, 9.17) is 9.26 Å². The molecule has 1 amide bonds. The van der Waals surface area contributed by atoms with E-state index in [0.29, 0.717) is 36.7 Å². The van der Waals surface area contributed by atoms with Gasteiger partial charge in [0.25, 0.3) is 5.91 Å². The molecule has 29 heavy (non-hydrogen) atoms. The number of nitrogens with zero attached hydrogens (tertiary/aromatic N) is 3. The standard InChI is InChI=1S/C23H29N3O3/c1-17-20(21(24-29-17)19-8-3-2-4-9-19)22(27)26-12-13-28-23(16-26)10-11-25(15-23)14-18-6-5-7-18/h2-4,8-9,18H,5-7,10-16H2,1H3. The first kappa shape index (κ1) is 18.8. The largest absolute Gasteiger partial charge is 0.370 e. The van der Waals surface area contributed by atoms with Crippen molar-refractivity contribution in [2.24, 2.45) is 5.92 Å². The van der Waals surface area contributed by atoms with E-state index >= 15 is 0 Å². The number of aromatic nitrogens is 1. The third kappa shape index (κ3) is 3.60. The molecule has 6 heteroatoms. The van der Waals surface area contributed by atoms with Crippen LogP contribution in [0.15, 0.2) is 34.9 Å². The van der Waals surface area contributed by atoms with Crippen LogP contribution >= 0.6 is 0 Å². The zero-order chi connectivity index (χ0) is 19.8. The lowest BCUT2D eigenvalue weighted by Crippen LogP contribution is -2.55. The number of morpholine rings is 1. The van der Waals surface area contributed by atoms with E-state index in [-0.39, 0.29) is 11.5 Å². The number of benzene rings is 1. The van der Waals surface area contributed by atoms with Gasteiger partial charge in [-0.2, -0.15) is 0 Å². The molecule has 154 valence electrons. The molecule has 2 aliphatic heterocycles. The molecule has 1 unspecified atom stereocenters. The Morgan fingerprint density at radius 1 is 1.21 bits per heavy atom. The molecule has 0 radical (unpaired) electrons. The molecule has 5 rings (SSSR count). The monoisotopic (exact) mass is 395 g/mol. The van der Waals surface area contributed by atoms with Crippen LogP contribution in [0.2, 0.25) is 0 Å². The number of hydrogen-bond acceptors (Lipinski definition) is 5. The Labute approximate surface area is 171 Å². The van der Waals surface area contributed by atoms with Crippen LogP contribution in [0.1, 0.15) is 41.8 Å². The molecule has 3 aliphatic rings. The summed E-state index contributed by atoms with van der Waals surface area (Å²) in [6, 6.07) is 9.78. The van der Waals surface area contributed by atoms with Gasteiger partial charge in [-0.3, -0.25) is 4.79 Å². The van der Waals surface area contributed by atoms with Gasteiger partial charge < -0.3 is 19.1 Å². The number of hydrogen-bond donors (Lipinski definition) is 0. The number of amides is 1. The van der Waals surface area contributed by atoms with Crippen LogP contribution in [0.3, 0.4) is 0 Å². The maximum absolute atomic E-state index is 13.5. The lowest BCUT2D eigenvalue weighted by Gasteiger charge is -2.41. The van der Waals surface area contributed by atoms with Gasteiger partial charge in [0.15, 0.2) is 0 Å². The Hall–Kier alpha value is -2.18. The summed E-state index contributed by atoms with van der Waals surface area (Å²) in [4.78, 5) is 18.0. The van der Waals surface area contributed by atoms with Crippen molar-refractivity contribution >= 4 is 5.91 Å². The van der Waals surface area contributed by atoms with Gasteiger partial charge in [-0.15, -0.1) is 0 Å². The van der Waals surface area contributed by atoms with E-state index in [1.165, 1.54) is 25.8 Å². The summed E-state index contributed by atoms with van der Waals surface area (Å²) in [7, 11) is 0. The molecule has 1 aromatic carbocycles. The van der Waals surface area contributed by atoms with Crippen LogP contribution in [-0.2, 0) is 4.74 Å². The zero-order valence-corrected chi connectivity index (χ0v) is 17.1. The number of rotatable bonds is 4. The fourth-order valence-electron chi connectivity index (χ4n) is 4.96. The van der Waals surface area contributed by atoms with Crippen LogP contribution < -0.4 is 0 Å². The van der Waals surface area contributed by atoms with Crippen molar-refractivity contribution < 1.29 is 14.1 Å². The molecule has 1 aromatic heterocycles. The number of likely N-dealkylation sites (tertiary alicyclic amines) is 1. The summed E-state index contributed by atoms with van der Waals surface area (Å²) >= 11 is 0. The van der Waals surface area contributed by atoms with Gasteiger partial charge in [0.2, 0.25) is 0 Å². The number of carbonyl (C=O) groups is 1. The first-order chi connectivity index (χ1) is 14.1. The normalized spacial score (nSPS) is 25.5. The quantitative estimate of drug-likeness (QED) is 0.794. The van der Waals surface area contributed by atoms with E-state index in [1.54, 1.807) is 0 Å². The van der Waals surface area contributed by atoms with Gasteiger partial charge in [-0.1, -0.05) is 41.9 Å². The lowest BCUT2D eigenvalue weighted by atomic mass is 9.85. The Morgan fingerprint density at radius 2 is 2.03 bits per heavy atom. The zero-order valence-electron chi connectivity index (χ0n) is 17.1. The molecule has 0 N–H and O–H groups in total. The Balaban J connectivity index is 1.33. The third-order valence-corrected chi connectivity index (χ3v) is 6.80. The highest BCUT2D eigenvalue weighted by Gasteiger charge is 2.45. The summed E-state index contributed by atoms with van der Waals surface area (Å²) in [6.45, 7) is 6.85. The molecule has 3 heterocycles. The van der Waals surface area contributed by atoms with E-state index in [1.807, 2.05) is 42.2 Å². The molecule has 1 atom stereocenters. The van der Waals surface area contributed by atoms with Gasteiger partial charge >= 0.3 is 0 Å². The SMILES string of the molecule is Cc1onc(-c2ccccc2)c1C(=O)N1CCOC2(CCN(CC3CCC3)C2)C1. The smallest absolute Gasteiger partial charge is 0.259 e. The second-order valence-electron chi connectivity index (χ2n) is 8.87. The molecule has 6 nitrogen and oxygen atoms in total. The van der Waals surface area contributed by atoms with E-state index < -0.39 is 0 Å². The van der Waals surface area contributed by atoms with Crippen molar-refractivity contribution in [3.63, 3.8) is 0 Å². The lowest BCUT2D eigenvalue weighted by molar-refractivity contribution is -0.0923. The highest BCUT2D eigenvalue weighted by molar-refractivity contribution is 6.00. The Bertz CT molecular complexity index is 877. The first-order valence-electron chi connectivity index (χ1n) is 10.8. The molecular weight excluding hydrogens is 366 g/mol. The third-order valence-electron chi connectivity index (χ3n) is 6.80. The maximum Gasteiger partial charge on any atom is 0.259 e. The van der Waals surface area contributed by atoms with E-state index in [2.05, 4.69) is 10.1 Å². The summed E-state index contributed by atoms with van der Waals surface area (Å²) in [6.07, 6.45) is 5.11. The average molecular weight is 396 g/mol. The van der Waals surface area contributed by atoms with Crippen molar-refractivity contribution in [3.05, 3.63) is 41.7 Å². The van der Waals surface area contributed by atoms with Crippen molar-refractivity contribution in [1.82, 2.24) is 15.0 Å². The summed E-state index contributed by atoms with van der Waals surface area (Å²) in [5.41, 5.74) is 1.89. The van der Waals surface area contributed by atoms with Crippen molar-refractivity contribution in [2.75, 3.05) is 39.3 Å². The highest BCUT2D eigenvalue weighted by Crippen LogP contribution is 2.34. The summed E-state index contributed by atoms with van der Waals surface area (Å²) in [5, 5.41) is 4.19. The fraction of sp³-hybridized carbons (Fsp3) is 0.565. The molecule has 3 fully saturated rings. The van der Waals surface area contributed by atoms with Crippen molar-refractivity contribution in [3.8, 4) is 11.3 Å². The number of aryl methyl sites for hydroxylation is 1.